The summed E-state index contributed by atoms with van der Waals surface area (Å²) in [4.78, 5) is 0. The number of aliphatic hydroxyl groups excluding tert-OH is 2. The second-order valence-corrected chi connectivity index (χ2v) is 3.82. The summed E-state index contributed by atoms with van der Waals surface area (Å²) >= 11 is 2.91. The first-order valence-corrected chi connectivity index (χ1v) is 5.58. The van der Waals surface area contributed by atoms with Gasteiger partial charge in [-0.1, -0.05) is 15.9 Å². The van der Waals surface area contributed by atoms with Gasteiger partial charge in [-0.05, 0) is 0 Å². The lowest BCUT2D eigenvalue weighted by Gasteiger charge is -2.17. The van der Waals surface area contributed by atoms with Gasteiger partial charge >= 0.3 is 0 Å². The molecule has 0 aromatic heterocycles. The first-order chi connectivity index (χ1) is 7.51. The highest BCUT2D eigenvalue weighted by Crippen LogP contribution is 2.27. The van der Waals surface area contributed by atoms with Crippen molar-refractivity contribution in [1.29, 1.82) is 0 Å². The minimum Gasteiger partial charge on any atom is -0.497 e. The predicted octanol–water partition coefficient (Wildman–Crippen LogP) is 1.76. The van der Waals surface area contributed by atoms with Crippen molar-refractivity contribution in [2.75, 3.05) is 12.4 Å². The Morgan fingerprint density at radius 1 is 1.31 bits per heavy atom. The Bertz CT molecular complexity index is 350. The van der Waals surface area contributed by atoms with Gasteiger partial charge < -0.3 is 14.9 Å². The van der Waals surface area contributed by atoms with Crippen LogP contribution >= 0.6 is 15.9 Å². The van der Waals surface area contributed by atoms with Gasteiger partial charge in [-0.15, -0.1) is 0 Å². The van der Waals surface area contributed by atoms with Crippen LogP contribution in [0.4, 0.5) is 8.78 Å². The molecular weight excluding hydrogens is 286 g/mol. The molecule has 2 N–H and O–H groups in total. The van der Waals surface area contributed by atoms with Gasteiger partial charge in [-0.2, -0.15) is 0 Å². The zero-order valence-electron chi connectivity index (χ0n) is 8.45. The molecule has 0 fully saturated rings. The van der Waals surface area contributed by atoms with Crippen LogP contribution in [-0.2, 0) is 0 Å². The number of aliphatic hydroxyl groups is 2. The molecule has 0 bridgehead atoms. The van der Waals surface area contributed by atoms with Crippen molar-refractivity contribution in [2.45, 2.75) is 12.2 Å². The summed E-state index contributed by atoms with van der Waals surface area (Å²) in [6.07, 6.45) is -2.90. The van der Waals surface area contributed by atoms with Gasteiger partial charge in [0.25, 0.3) is 0 Å². The van der Waals surface area contributed by atoms with Gasteiger partial charge in [-0.3, -0.25) is 0 Å². The molecular formula is C10H11BrF2O3. The smallest absolute Gasteiger partial charge is 0.135 e. The molecule has 0 spiro atoms. The number of halogens is 3. The highest BCUT2D eigenvalue weighted by atomic mass is 79.9. The van der Waals surface area contributed by atoms with E-state index in [2.05, 4.69) is 20.7 Å². The fourth-order valence-electron chi connectivity index (χ4n) is 1.24. The minimum atomic E-state index is -1.62. The lowest BCUT2D eigenvalue weighted by molar-refractivity contribution is 0.0295. The van der Waals surface area contributed by atoms with Gasteiger partial charge in [0.1, 0.15) is 23.5 Å². The van der Waals surface area contributed by atoms with Crippen LogP contribution in [0.25, 0.3) is 0 Å². The van der Waals surface area contributed by atoms with Crippen LogP contribution in [0.3, 0.4) is 0 Å². The third-order valence-corrected chi connectivity index (χ3v) is 2.77. The predicted molar refractivity (Wildman–Crippen MR) is 57.7 cm³/mol. The summed E-state index contributed by atoms with van der Waals surface area (Å²) in [7, 11) is 1.28. The van der Waals surface area contributed by atoms with Gasteiger partial charge in [-0.25, -0.2) is 8.78 Å². The third kappa shape index (κ3) is 2.69. The molecule has 0 aliphatic rings. The highest BCUT2D eigenvalue weighted by molar-refractivity contribution is 9.09. The van der Waals surface area contributed by atoms with Crippen molar-refractivity contribution in [3.05, 3.63) is 29.3 Å². The van der Waals surface area contributed by atoms with Crippen molar-refractivity contribution < 1.29 is 23.7 Å². The van der Waals surface area contributed by atoms with E-state index in [4.69, 9.17) is 0 Å². The number of benzene rings is 1. The summed E-state index contributed by atoms with van der Waals surface area (Å²) in [6, 6.07) is 1.89. The van der Waals surface area contributed by atoms with Crippen LogP contribution in [0, 0.1) is 11.6 Å². The van der Waals surface area contributed by atoms with Gasteiger partial charge in [0.2, 0.25) is 0 Å². The van der Waals surface area contributed by atoms with E-state index in [1.54, 1.807) is 0 Å². The molecule has 0 heterocycles. The molecule has 16 heavy (non-hydrogen) atoms. The number of hydrogen-bond acceptors (Lipinski definition) is 3. The van der Waals surface area contributed by atoms with Crippen molar-refractivity contribution in [1.82, 2.24) is 0 Å². The first kappa shape index (κ1) is 13.3. The van der Waals surface area contributed by atoms with E-state index in [-0.39, 0.29) is 11.1 Å². The maximum atomic E-state index is 13.4. The van der Waals surface area contributed by atoms with Crippen LogP contribution in [0.15, 0.2) is 12.1 Å². The molecule has 3 nitrogen and oxygen atoms in total. The van der Waals surface area contributed by atoms with E-state index >= 15 is 0 Å². The van der Waals surface area contributed by atoms with Crippen LogP contribution < -0.4 is 4.74 Å². The van der Waals surface area contributed by atoms with Crippen LogP contribution in [0.1, 0.15) is 11.7 Å². The monoisotopic (exact) mass is 296 g/mol. The Morgan fingerprint density at radius 3 is 2.19 bits per heavy atom. The fraction of sp³-hybridized carbons (Fsp3) is 0.400. The second-order valence-electron chi connectivity index (χ2n) is 3.17. The quantitative estimate of drug-likeness (QED) is 0.833. The van der Waals surface area contributed by atoms with Crippen molar-refractivity contribution in [3.8, 4) is 5.75 Å². The minimum absolute atomic E-state index is 0.0130. The Labute approximate surface area is 99.8 Å². The zero-order valence-corrected chi connectivity index (χ0v) is 10.0. The van der Waals surface area contributed by atoms with Crippen LogP contribution in [-0.4, -0.2) is 28.8 Å². The maximum absolute atomic E-state index is 13.4. The molecule has 0 aliphatic heterocycles. The molecule has 1 aromatic carbocycles. The number of methoxy groups -OCH3 is 1. The molecule has 0 saturated heterocycles. The Kier molecular flexibility index (Phi) is 4.64. The number of rotatable bonds is 4. The number of ether oxygens (including phenoxy) is 1. The van der Waals surface area contributed by atoms with Gasteiger partial charge in [0, 0.05) is 17.5 Å². The summed E-state index contributed by atoms with van der Waals surface area (Å²) in [5.41, 5.74) is -0.562. The van der Waals surface area contributed by atoms with E-state index in [9.17, 15) is 19.0 Å². The fourth-order valence-corrected chi connectivity index (χ4v) is 1.59. The molecule has 2 unspecified atom stereocenters. The van der Waals surface area contributed by atoms with E-state index in [1.165, 1.54) is 7.11 Å². The first-order valence-electron chi connectivity index (χ1n) is 4.46. The Morgan fingerprint density at radius 2 is 1.81 bits per heavy atom. The molecule has 1 aromatic rings. The molecule has 0 aliphatic carbocycles. The van der Waals surface area contributed by atoms with Gasteiger partial charge in [0.05, 0.1) is 18.8 Å². The largest absolute Gasteiger partial charge is 0.497 e. The lowest BCUT2D eigenvalue weighted by Crippen LogP contribution is -2.21. The van der Waals surface area contributed by atoms with Crippen LogP contribution in [0.2, 0.25) is 0 Å². The summed E-state index contributed by atoms with van der Waals surface area (Å²) in [5.74, 6) is -1.90. The molecule has 0 saturated carbocycles. The molecule has 1 rings (SSSR count). The Hall–Kier alpha value is -0.720. The molecule has 90 valence electrons. The molecule has 0 amide bonds. The second kappa shape index (κ2) is 5.56. The molecule has 0 radical (unpaired) electrons. The standard InChI is InChI=1S/C10H11BrF2O3/c1-16-5-2-6(12)9(7(13)3-5)10(15)8(14)4-11/h2-3,8,10,14-15H,4H2,1H3. The average molecular weight is 297 g/mol. The van der Waals surface area contributed by atoms with E-state index in [0.717, 1.165) is 12.1 Å². The lowest BCUT2D eigenvalue weighted by atomic mass is 10.0. The van der Waals surface area contributed by atoms with Crippen molar-refractivity contribution in [3.63, 3.8) is 0 Å². The average Bonchev–Trinajstić information content (AvgIpc) is 2.26. The molecule has 2 atom stereocenters. The van der Waals surface area contributed by atoms with E-state index in [0.29, 0.717) is 0 Å². The summed E-state index contributed by atoms with van der Waals surface area (Å²) in [6.45, 7) is 0. The van der Waals surface area contributed by atoms with E-state index < -0.39 is 29.4 Å². The van der Waals surface area contributed by atoms with Crippen LogP contribution in [0.5, 0.6) is 5.75 Å². The zero-order chi connectivity index (χ0) is 12.3. The van der Waals surface area contributed by atoms with Crippen molar-refractivity contribution >= 4 is 15.9 Å². The Balaban J connectivity index is 3.14. The summed E-state index contributed by atoms with van der Waals surface area (Å²) < 4.78 is 31.5. The van der Waals surface area contributed by atoms with E-state index in [1.807, 2.05) is 0 Å². The number of hydrogen-bond donors (Lipinski definition) is 2. The van der Waals surface area contributed by atoms with Crippen molar-refractivity contribution in [2.24, 2.45) is 0 Å². The topological polar surface area (TPSA) is 49.7 Å². The molecule has 6 heteroatoms. The van der Waals surface area contributed by atoms with Gasteiger partial charge in [0.15, 0.2) is 0 Å². The number of alkyl halides is 1. The summed E-state index contributed by atoms with van der Waals surface area (Å²) in [5, 5.41) is 18.8. The SMILES string of the molecule is COc1cc(F)c(C(O)C(O)CBr)c(F)c1. The normalized spacial score (nSPS) is 14.6. The third-order valence-electron chi connectivity index (χ3n) is 2.11. The highest BCUT2D eigenvalue weighted by Gasteiger charge is 2.25. The maximum Gasteiger partial charge on any atom is 0.135 e.